The van der Waals surface area contributed by atoms with E-state index >= 15 is 0 Å². The number of aryl methyl sites for hydroxylation is 2. The van der Waals surface area contributed by atoms with Crippen LogP contribution in [0, 0.1) is 13.8 Å². The Morgan fingerprint density at radius 2 is 1.71 bits per heavy atom. The normalized spacial score (nSPS) is 12.6. The molecule has 1 nitrogen and oxygen atoms in total. The number of ether oxygens (including phenoxy) is 1. The molecule has 0 bridgehead atoms. The summed E-state index contributed by atoms with van der Waals surface area (Å²) in [6, 6.07) is 15.2. The molecule has 1 heterocycles. The number of benzene rings is 2. The molecule has 3 heteroatoms. The van der Waals surface area contributed by atoms with Crippen molar-refractivity contribution in [1.29, 1.82) is 0 Å². The Morgan fingerprint density at radius 3 is 2.33 bits per heavy atom. The van der Waals surface area contributed by atoms with Crippen molar-refractivity contribution in [2.75, 3.05) is 7.11 Å². The predicted octanol–water partition coefficient (Wildman–Crippen LogP) is 6.01. The minimum Gasteiger partial charge on any atom is -0.496 e. The van der Waals surface area contributed by atoms with E-state index in [4.69, 9.17) is 4.74 Å². The predicted molar refractivity (Wildman–Crippen MR) is 95.1 cm³/mol. The maximum atomic E-state index is 5.45. The molecular formula is C18H17BrOS. The van der Waals surface area contributed by atoms with E-state index < -0.39 is 0 Å². The monoisotopic (exact) mass is 360 g/mol. The number of hydrogen-bond acceptors (Lipinski definition) is 2. The van der Waals surface area contributed by atoms with Crippen LogP contribution < -0.4 is 4.74 Å². The maximum Gasteiger partial charge on any atom is 0.124 e. The van der Waals surface area contributed by atoms with Gasteiger partial charge in [-0.25, -0.2) is 0 Å². The van der Waals surface area contributed by atoms with Crippen LogP contribution in [-0.2, 0) is 0 Å². The van der Waals surface area contributed by atoms with Crippen LogP contribution in [0.4, 0.5) is 0 Å². The van der Waals surface area contributed by atoms with E-state index in [0.717, 1.165) is 5.75 Å². The summed E-state index contributed by atoms with van der Waals surface area (Å²) < 4.78 is 6.78. The Labute approximate surface area is 137 Å². The zero-order valence-electron chi connectivity index (χ0n) is 12.3. The summed E-state index contributed by atoms with van der Waals surface area (Å²) in [7, 11) is 1.73. The van der Waals surface area contributed by atoms with Gasteiger partial charge < -0.3 is 4.74 Å². The van der Waals surface area contributed by atoms with Crippen LogP contribution in [0.2, 0.25) is 0 Å². The van der Waals surface area contributed by atoms with Gasteiger partial charge in [-0.1, -0.05) is 46.3 Å². The van der Waals surface area contributed by atoms with Gasteiger partial charge in [0.1, 0.15) is 5.75 Å². The molecule has 0 aliphatic carbocycles. The molecule has 0 saturated carbocycles. The summed E-state index contributed by atoms with van der Waals surface area (Å²) in [6.07, 6.45) is 0. The smallest absolute Gasteiger partial charge is 0.124 e. The molecule has 21 heavy (non-hydrogen) atoms. The summed E-state index contributed by atoms with van der Waals surface area (Å²) in [5.74, 6) is 0.981. The zero-order chi connectivity index (χ0) is 15.0. The number of thiophene rings is 1. The minimum atomic E-state index is 0.221. The van der Waals surface area contributed by atoms with Crippen LogP contribution in [-0.4, -0.2) is 7.11 Å². The number of fused-ring (bicyclic) bond motifs is 1. The van der Waals surface area contributed by atoms with Gasteiger partial charge in [-0.3, -0.25) is 0 Å². The largest absolute Gasteiger partial charge is 0.496 e. The van der Waals surface area contributed by atoms with Crippen molar-refractivity contribution in [2.24, 2.45) is 0 Å². The molecular weight excluding hydrogens is 344 g/mol. The Bertz CT molecular complexity index is 735. The molecule has 1 aromatic heterocycles. The molecule has 0 N–H and O–H groups in total. The molecule has 0 fully saturated rings. The standard InChI is InChI=1S/C18H17BrOS/c1-11-8-14(9-12(2)18(11)20-3)17(19)16-10-13-6-4-5-7-15(13)21-16/h4-10,17H,1-3H3. The van der Waals surface area contributed by atoms with Crippen molar-refractivity contribution < 1.29 is 4.74 Å². The van der Waals surface area contributed by atoms with Crippen molar-refractivity contribution >= 4 is 37.4 Å². The summed E-state index contributed by atoms with van der Waals surface area (Å²) in [5.41, 5.74) is 3.63. The first-order chi connectivity index (χ1) is 10.1. The van der Waals surface area contributed by atoms with Gasteiger partial charge in [-0.15, -0.1) is 11.3 Å². The van der Waals surface area contributed by atoms with Gasteiger partial charge in [0.05, 0.1) is 11.9 Å². The van der Waals surface area contributed by atoms with E-state index in [1.54, 1.807) is 7.11 Å². The zero-order valence-corrected chi connectivity index (χ0v) is 14.7. The van der Waals surface area contributed by atoms with Crippen LogP contribution >= 0.6 is 27.3 Å². The van der Waals surface area contributed by atoms with Gasteiger partial charge in [0.25, 0.3) is 0 Å². The SMILES string of the molecule is COc1c(C)cc(C(Br)c2cc3ccccc3s2)cc1C. The molecule has 0 spiro atoms. The first-order valence-corrected chi connectivity index (χ1v) is 8.61. The fraction of sp³-hybridized carbons (Fsp3) is 0.222. The van der Waals surface area contributed by atoms with Crippen molar-refractivity contribution in [3.05, 3.63) is 64.0 Å². The highest BCUT2D eigenvalue weighted by Gasteiger charge is 2.16. The Kier molecular flexibility index (Phi) is 4.05. The second-order valence-corrected chi connectivity index (χ2v) is 7.27. The molecule has 1 unspecified atom stereocenters. The van der Waals surface area contributed by atoms with E-state index in [2.05, 4.69) is 72.2 Å². The number of alkyl halides is 1. The van der Waals surface area contributed by atoms with Crippen molar-refractivity contribution in [3.63, 3.8) is 0 Å². The maximum absolute atomic E-state index is 5.45. The Morgan fingerprint density at radius 1 is 1.05 bits per heavy atom. The van der Waals surface area contributed by atoms with Gasteiger partial charge in [0.2, 0.25) is 0 Å². The van der Waals surface area contributed by atoms with Crippen LogP contribution in [0.1, 0.15) is 26.4 Å². The lowest BCUT2D eigenvalue weighted by molar-refractivity contribution is 0.408. The molecule has 3 rings (SSSR count). The van der Waals surface area contributed by atoms with Crippen LogP contribution in [0.5, 0.6) is 5.75 Å². The Hall–Kier alpha value is -1.32. The van der Waals surface area contributed by atoms with Crippen LogP contribution in [0.25, 0.3) is 10.1 Å². The fourth-order valence-corrected chi connectivity index (χ4v) is 4.49. The summed E-state index contributed by atoms with van der Waals surface area (Å²) in [6.45, 7) is 4.19. The van der Waals surface area contributed by atoms with E-state index in [-0.39, 0.29) is 4.83 Å². The number of rotatable bonds is 3. The van der Waals surface area contributed by atoms with Crippen molar-refractivity contribution in [2.45, 2.75) is 18.7 Å². The molecule has 1 atom stereocenters. The van der Waals surface area contributed by atoms with Gasteiger partial charge in [0, 0.05) is 9.58 Å². The highest BCUT2D eigenvalue weighted by molar-refractivity contribution is 9.09. The lowest BCUT2D eigenvalue weighted by Gasteiger charge is -2.14. The van der Waals surface area contributed by atoms with Gasteiger partial charge >= 0.3 is 0 Å². The highest BCUT2D eigenvalue weighted by Crippen LogP contribution is 2.40. The van der Waals surface area contributed by atoms with Crippen molar-refractivity contribution in [1.82, 2.24) is 0 Å². The molecule has 0 aliphatic rings. The quantitative estimate of drug-likeness (QED) is 0.519. The first-order valence-electron chi connectivity index (χ1n) is 6.88. The minimum absolute atomic E-state index is 0.221. The third-order valence-corrected chi connectivity index (χ3v) is 6.18. The second-order valence-electron chi connectivity index (χ2n) is 5.24. The van der Waals surface area contributed by atoms with Gasteiger partial charge in [-0.2, -0.15) is 0 Å². The first kappa shape index (κ1) is 14.6. The topological polar surface area (TPSA) is 9.23 Å². The van der Waals surface area contributed by atoms with Crippen molar-refractivity contribution in [3.8, 4) is 5.75 Å². The molecule has 108 valence electrons. The third kappa shape index (κ3) is 2.72. The average Bonchev–Trinajstić information content (AvgIpc) is 2.90. The lowest BCUT2D eigenvalue weighted by Crippen LogP contribution is -1.96. The number of methoxy groups -OCH3 is 1. The highest BCUT2D eigenvalue weighted by atomic mass is 79.9. The van der Waals surface area contributed by atoms with Gasteiger partial charge in [0.15, 0.2) is 0 Å². The van der Waals surface area contributed by atoms with E-state index in [1.165, 1.54) is 31.7 Å². The third-order valence-electron chi connectivity index (χ3n) is 3.67. The molecule has 2 aromatic carbocycles. The van der Waals surface area contributed by atoms with E-state index in [0.29, 0.717) is 0 Å². The van der Waals surface area contributed by atoms with E-state index in [9.17, 15) is 0 Å². The van der Waals surface area contributed by atoms with E-state index in [1.807, 2.05) is 11.3 Å². The number of hydrogen-bond donors (Lipinski definition) is 0. The second kappa shape index (κ2) is 5.82. The van der Waals surface area contributed by atoms with Crippen LogP contribution in [0.15, 0.2) is 42.5 Å². The molecule has 0 radical (unpaired) electrons. The summed E-state index contributed by atoms with van der Waals surface area (Å²) in [4.78, 5) is 1.55. The van der Waals surface area contributed by atoms with Gasteiger partial charge in [-0.05, 0) is 48.1 Å². The molecule has 0 saturated heterocycles. The molecule has 0 aliphatic heterocycles. The molecule has 3 aromatic rings. The number of halogens is 1. The lowest BCUT2D eigenvalue weighted by atomic mass is 10.0. The fourth-order valence-electron chi connectivity index (χ4n) is 2.74. The average molecular weight is 361 g/mol. The van der Waals surface area contributed by atoms with Crippen LogP contribution in [0.3, 0.4) is 0 Å². The summed E-state index contributed by atoms with van der Waals surface area (Å²) >= 11 is 5.70. The molecule has 0 amide bonds. The summed E-state index contributed by atoms with van der Waals surface area (Å²) in [5, 5.41) is 1.31. The Balaban J connectivity index is 2.03.